The summed E-state index contributed by atoms with van der Waals surface area (Å²) in [4.78, 5) is 34.4. The van der Waals surface area contributed by atoms with Gasteiger partial charge in [0.1, 0.15) is 11.4 Å². The van der Waals surface area contributed by atoms with E-state index in [9.17, 15) is 19.7 Å². The standard InChI is InChI=1S/C20H22N2O6/c1-13-8-9-16(22(25)26)20(15(13)3)21-18(23)12-28-19(24)10-11-27-17-7-5-4-6-14(17)2/h4-9H,10-12H2,1-3H3,(H,21,23). The molecule has 28 heavy (non-hydrogen) atoms. The van der Waals surface area contributed by atoms with Crippen LogP contribution in [0.2, 0.25) is 0 Å². The SMILES string of the molecule is Cc1ccccc1OCCC(=O)OCC(=O)Nc1c([N+](=O)[O-])ccc(C)c1C. The van der Waals surface area contributed by atoms with E-state index in [1.54, 1.807) is 26.0 Å². The molecule has 2 rings (SSSR count). The van der Waals surface area contributed by atoms with Crippen molar-refractivity contribution >= 4 is 23.3 Å². The molecule has 1 amide bonds. The number of aryl methyl sites for hydroxylation is 2. The fourth-order valence-corrected chi connectivity index (χ4v) is 2.47. The van der Waals surface area contributed by atoms with Crippen LogP contribution in [-0.2, 0) is 14.3 Å². The Morgan fingerprint density at radius 3 is 2.46 bits per heavy atom. The fraction of sp³-hybridized carbons (Fsp3) is 0.300. The zero-order valence-corrected chi connectivity index (χ0v) is 16.0. The molecule has 0 saturated carbocycles. The van der Waals surface area contributed by atoms with Crippen molar-refractivity contribution in [1.82, 2.24) is 0 Å². The number of benzene rings is 2. The molecule has 0 aliphatic rings. The molecule has 0 heterocycles. The Bertz CT molecular complexity index is 894. The van der Waals surface area contributed by atoms with Crippen molar-refractivity contribution in [2.75, 3.05) is 18.5 Å². The van der Waals surface area contributed by atoms with E-state index in [-0.39, 0.29) is 24.4 Å². The number of nitro groups is 1. The fourth-order valence-electron chi connectivity index (χ4n) is 2.47. The first-order valence-electron chi connectivity index (χ1n) is 8.68. The lowest BCUT2D eigenvalue weighted by Gasteiger charge is -2.11. The summed E-state index contributed by atoms with van der Waals surface area (Å²) in [5.74, 6) is -0.570. The van der Waals surface area contributed by atoms with E-state index in [4.69, 9.17) is 9.47 Å². The van der Waals surface area contributed by atoms with E-state index >= 15 is 0 Å². The number of para-hydroxylation sites is 1. The lowest BCUT2D eigenvalue weighted by atomic mass is 10.1. The second-order valence-electron chi connectivity index (χ2n) is 6.23. The number of nitrogens with one attached hydrogen (secondary N) is 1. The highest BCUT2D eigenvalue weighted by atomic mass is 16.6. The quantitative estimate of drug-likeness (QED) is 0.423. The van der Waals surface area contributed by atoms with Crippen molar-refractivity contribution in [3.63, 3.8) is 0 Å². The molecule has 0 unspecified atom stereocenters. The van der Waals surface area contributed by atoms with Crippen LogP contribution < -0.4 is 10.1 Å². The zero-order valence-electron chi connectivity index (χ0n) is 16.0. The minimum absolute atomic E-state index is 0.0226. The number of nitro benzene ring substituents is 1. The minimum Gasteiger partial charge on any atom is -0.493 e. The number of carbonyl (C=O) groups excluding carboxylic acids is 2. The molecule has 0 saturated heterocycles. The van der Waals surface area contributed by atoms with Crippen molar-refractivity contribution in [2.24, 2.45) is 0 Å². The maximum atomic E-state index is 12.1. The van der Waals surface area contributed by atoms with Gasteiger partial charge in [-0.1, -0.05) is 24.3 Å². The van der Waals surface area contributed by atoms with Crippen LogP contribution >= 0.6 is 0 Å². The third-order valence-corrected chi connectivity index (χ3v) is 4.20. The first kappa shape index (κ1) is 20.9. The summed E-state index contributed by atoms with van der Waals surface area (Å²) in [7, 11) is 0. The van der Waals surface area contributed by atoms with Crippen LogP contribution in [0.4, 0.5) is 11.4 Å². The number of hydrogen-bond donors (Lipinski definition) is 1. The van der Waals surface area contributed by atoms with Gasteiger partial charge in [-0.2, -0.15) is 0 Å². The Morgan fingerprint density at radius 1 is 1.07 bits per heavy atom. The van der Waals surface area contributed by atoms with Gasteiger partial charge in [0, 0.05) is 6.07 Å². The summed E-state index contributed by atoms with van der Waals surface area (Å²) < 4.78 is 10.4. The predicted molar refractivity (Wildman–Crippen MR) is 103 cm³/mol. The number of nitrogens with zero attached hydrogens (tertiary/aromatic N) is 1. The molecule has 0 radical (unpaired) electrons. The first-order chi connectivity index (χ1) is 13.3. The van der Waals surface area contributed by atoms with Gasteiger partial charge >= 0.3 is 5.97 Å². The van der Waals surface area contributed by atoms with E-state index in [1.165, 1.54) is 6.07 Å². The van der Waals surface area contributed by atoms with E-state index in [0.29, 0.717) is 11.3 Å². The van der Waals surface area contributed by atoms with Crippen LogP contribution in [0.5, 0.6) is 5.75 Å². The van der Waals surface area contributed by atoms with Crippen LogP contribution in [0, 0.1) is 30.9 Å². The van der Waals surface area contributed by atoms with Gasteiger partial charge in [-0.05, 0) is 43.5 Å². The smallest absolute Gasteiger partial charge is 0.309 e. The van der Waals surface area contributed by atoms with Crippen LogP contribution in [0.3, 0.4) is 0 Å². The maximum Gasteiger partial charge on any atom is 0.309 e. The summed E-state index contributed by atoms with van der Waals surface area (Å²) in [6.07, 6.45) is -0.0226. The number of rotatable bonds is 8. The van der Waals surface area contributed by atoms with Gasteiger partial charge < -0.3 is 14.8 Å². The average molecular weight is 386 g/mol. The summed E-state index contributed by atoms with van der Waals surface area (Å²) in [5.41, 5.74) is 2.22. The minimum atomic E-state index is -0.648. The Balaban J connectivity index is 1.84. The van der Waals surface area contributed by atoms with E-state index in [0.717, 1.165) is 11.1 Å². The monoisotopic (exact) mass is 386 g/mol. The number of anilines is 1. The van der Waals surface area contributed by atoms with Crippen molar-refractivity contribution in [3.05, 3.63) is 63.2 Å². The van der Waals surface area contributed by atoms with Crippen molar-refractivity contribution < 1.29 is 24.0 Å². The van der Waals surface area contributed by atoms with Gasteiger partial charge in [0.15, 0.2) is 6.61 Å². The van der Waals surface area contributed by atoms with Gasteiger partial charge in [-0.15, -0.1) is 0 Å². The van der Waals surface area contributed by atoms with E-state index in [1.807, 2.05) is 25.1 Å². The Labute approximate surface area is 162 Å². The molecule has 1 N–H and O–H groups in total. The third-order valence-electron chi connectivity index (χ3n) is 4.20. The topological polar surface area (TPSA) is 108 Å². The molecule has 0 atom stereocenters. The number of carbonyl (C=O) groups is 2. The Morgan fingerprint density at radius 2 is 1.79 bits per heavy atom. The molecule has 2 aromatic carbocycles. The van der Waals surface area contributed by atoms with Gasteiger partial charge in [0.2, 0.25) is 0 Å². The maximum absolute atomic E-state index is 12.1. The second kappa shape index (κ2) is 9.50. The van der Waals surface area contributed by atoms with Crippen molar-refractivity contribution in [1.29, 1.82) is 0 Å². The summed E-state index contributed by atoms with van der Waals surface area (Å²) in [6, 6.07) is 10.3. The third kappa shape index (κ3) is 5.54. The molecular weight excluding hydrogens is 364 g/mol. The second-order valence-corrected chi connectivity index (χ2v) is 6.23. The molecule has 8 heteroatoms. The Hall–Kier alpha value is -3.42. The van der Waals surface area contributed by atoms with Crippen LogP contribution in [0.1, 0.15) is 23.1 Å². The summed E-state index contributed by atoms with van der Waals surface area (Å²) in [6.45, 7) is 4.93. The lowest BCUT2D eigenvalue weighted by Crippen LogP contribution is -2.22. The van der Waals surface area contributed by atoms with Gasteiger partial charge in [-0.25, -0.2) is 0 Å². The molecule has 2 aromatic rings. The van der Waals surface area contributed by atoms with E-state index < -0.39 is 23.4 Å². The highest BCUT2D eigenvalue weighted by Gasteiger charge is 2.20. The predicted octanol–water partition coefficient (Wildman–Crippen LogP) is 3.47. The number of esters is 1. The lowest BCUT2D eigenvalue weighted by molar-refractivity contribution is -0.384. The summed E-state index contributed by atoms with van der Waals surface area (Å²) >= 11 is 0. The largest absolute Gasteiger partial charge is 0.493 e. The van der Waals surface area contributed by atoms with Gasteiger partial charge in [-0.3, -0.25) is 19.7 Å². The van der Waals surface area contributed by atoms with Crippen molar-refractivity contribution in [3.8, 4) is 5.75 Å². The van der Waals surface area contributed by atoms with Crippen LogP contribution in [0.25, 0.3) is 0 Å². The zero-order chi connectivity index (χ0) is 20.7. The first-order valence-corrected chi connectivity index (χ1v) is 8.68. The molecule has 0 aliphatic carbocycles. The molecule has 0 aliphatic heterocycles. The highest BCUT2D eigenvalue weighted by Crippen LogP contribution is 2.30. The molecule has 8 nitrogen and oxygen atoms in total. The number of amides is 1. The number of hydrogen-bond acceptors (Lipinski definition) is 6. The van der Waals surface area contributed by atoms with Crippen molar-refractivity contribution in [2.45, 2.75) is 27.2 Å². The normalized spacial score (nSPS) is 10.2. The average Bonchev–Trinajstić information content (AvgIpc) is 2.65. The molecule has 0 bridgehead atoms. The molecule has 0 aromatic heterocycles. The Kier molecular flexibility index (Phi) is 7.08. The molecule has 148 valence electrons. The molecule has 0 spiro atoms. The van der Waals surface area contributed by atoms with Gasteiger partial charge in [0.25, 0.3) is 11.6 Å². The molecular formula is C20H22N2O6. The molecule has 0 fully saturated rings. The highest BCUT2D eigenvalue weighted by molar-refractivity contribution is 5.96. The van der Waals surface area contributed by atoms with Gasteiger partial charge in [0.05, 0.1) is 18.0 Å². The number of ether oxygens (including phenoxy) is 2. The van der Waals surface area contributed by atoms with Crippen LogP contribution in [0.15, 0.2) is 36.4 Å². The summed E-state index contributed by atoms with van der Waals surface area (Å²) in [5, 5.41) is 13.6. The van der Waals surface area contributed by atoms with Crippen LogP contribution in [-0.4, -0.2) is 30.0 Å². The van der Waals surface area contributed by atoms with E-state index in [2.05, 4.69) is 5.32 Å².